The average molecular weight is 334 g/mol. The molecule has 5 nitrogen and oxygen atoms in total. The number of hydrogen-bond donors (Lipinski definition) is 0. The molecule has 1 aliphatic carbocycles. The van der Waals surface area contributed by atoms with Crippen molar-refractivity contribution in [2.45, 2.75) is 24.2 Å². The van der Waals surface area contributed by atoms with Crippen molar-refractivity contribution in [1.29, 1.82) is 0 Å². The molecule has 0 radical (unpaired) electrons. The Morgan fingerprint density at radius 2 is 1.78 bits per heavy atom. The Morgan fingerprint density at radius 1 is 1.09 bits per heavy atom. The lowest BCUT2D eigenvalue weighted by molar-refractivity contribution is -0.133. The normalized spacial score (nSPS) is 22.4. The zero-order valence-electron chi connectivity index (χ0n) is 13.1. The molecule has 1 fully saturated rings. The average Bonchev–Trinajstić information content (AvgIpc) is 3.09. The van der Waals surface area contributed by atoms with Crippen molar-refractivity contribution in [1.82, 2.24) is 9.21 Å². The third kappa shape index (κ3) is 3.64. The van der Waals surface area contributed by atoms with Gasteiger partial charge in [-0.15, -0.1) is 0 Å². The Balaban J connectivity index is 1.58. The fourth-order valence-corrected chi connectivity index (χ4v) is 4.58. The smallest absolute Gasteiger partial charge is 0.243 e. The third-order valence-electron chi connectivity index (χ3n) is 4.52. The number of hydrogen-bond acceptors (Lipinski definition) is 3. The first kappa shape index (κ1) is 16.2. The quantitative estimate of drug-likeness (QED) is 0.790. The maximum atomic E-state index is 12.6. The van der Waals surface area contributed by atoms with Gasteiger partial charge in [0.2, 0.25) is 15.9 Å². The molecule has 0 unspecified atom stereocenters. The zero-order valence-corrected chi connectivity index (χ0v) is 13.9. The highest BCUT2D eigenvalue weighted by Gasteiger charge is 2.30. The van der Waals surface area contributed by atoms with Crippen molar-refractivity contribution in [2.75, 3.05) is 26.2 Å². The molecule has 0 saturated carbocycles. The Labute approximate surface area is 137 Å². The van der Waals surface area contributed by atoms with E-state index in [-0.39, 0.29) is 5.91 Å². The van der Waals surface area contributed by atoms with E-state index in [4.69, 9.17) is 0 Å². The first-order valence-electron chi connectivity index (χ1n) is 8.07. The highest BCUT2D eigenvalue weighted by atomic mass is 32.2. The van der Waals surface area contributed by atoms with Crippen LogP contribution in [0.5, 0.6) is 0 Å². The van der Waals surface area contributed by atoms with Crippen LogP contribution < -0.4 is 0 Å². The molecular formula is C17H22N2O3S. The summed E-state index contributed by atoms with van der Waals surface area (Å²) in [5.41, 5.74) is 0. The van der Waals surface area contributed by atoms with Gasteiger partial charge in [-0.3, -0.25) is 4.79 Å². The molecule has 0 bridgehead atoms. The minimum absolute atomic E-state index is 0.137. The summed E-state index contributed by atoms with van der Waals surface area (Å²) in [6, 6.07) is 8.47. The van der Waals surface area contributed by atoms with Crippen LogP contribution in [0.1, 0.15) is 19.3 Å². The molecule has 0 aromatic heterocycles. The van der Waals surface area contributed by atoms with Crippen molar-refractivity contribution >= 4 is 15.9 Å². The van der Waals surface area contributed by atoms with Gasteiger partial charge in [0.05, 0.1) is 4.90 Å². The van der Waals surface area contributed by atoms with Crippen LogP contribution in [-0.2, 0) is 14.8 Å². The topological polar surface area (TPSA) is 57.7 Å². The largest absolute Gasteiger partial charge is 0.340 e. The minimum atomic E-state index is -3.45. The monoisotopic (exact) mass is 334 g/mol. The highest BCUT2D eigenvalue weighted by Crippen LogP contribution is 2.22. The molecule has 1 heterocycles. The van der Waals surface area contributed by atoms with Crippen LogP contribution in [0.4, 0.5) is 0 Å². The van der Waals surface area contributed by atoms with Crippen LogP contribution in [-0.4, -0.2) is 49.7 Å². The number of carbonyl (C=O) groups is 1. The molecule has 0 spiro atoms. The van der Waals surface area contributed by atoms with Crippen molar-refractivity contribution < 1.29 is 13.2 Å². The van der Waals surface area contributed by atoms with Gasteiger partial charge >= 0.3 is 0 Å². The Hall–Kier alpha value is -1.66. The van der Waals surface area contributed by atoms with Crippen molar-refractivity contribution in [3.63, 3.8) is 0 Å². The summed E-state index contributed by atoms with van der Waals surface area (Å²) in [5.74, 6) is 0.492. The summed E-state index contributed by atoms with van der Waals surface area (Å²) in [7, 11) is -3.45. The predicted octanol–water partition coefficient (Wildman–Crippen LogP) is 1.88. The highest BCUT2D eigenvalue weighted by molar-refractivity contribution is 7.89. The van der Waals surface area contributed by atoms with Crippen LogP contribution in [0.15, 0.2) is 47.4 Å². The number of allylic oxidation sites excluding steroid dienone is 2. The predicted molar refractivity (Wildman–Crippen MR) is 88.3 cm³/mol. The molecule has 1 aromatic carbocycles. The van der Waals surface area contributed by atoms with E-state index < -0.39 is 10.0 Å². The Bertz CT molecular complexity index is 677. The number of carbonyl (C=O) groups excluding carboxylic acids is 1. The van der Waals surface area contributed by atoms with E-state index >= 15 is 0 Å². The number of piperazine rings is 1. The lowest BCUT2D eigenvalue weighted by Crippen LogP contribution is -2.50. The number of sulfonamides is 1. The van der Waals surface area contributed by atoms with Gasteiger partial charge in [-0.25, -0.2) is 8.42 Å². The van der Waals surface area contributed by atoms with Crippen molar-refractivity contribution in [3.8, 4) is 0 Å². The molecule has 0 N–H and O–H groups in total. The SMILES string of the molecule is O=C(C[C@@H]1C=CCC1)N1CCN(S(=O)(=O)c2ccccc2)CC1. The molecule has 1 atom stereocenters. The fraction of sp³-hybridized carbons (Fsp3) is 0.471. The van der Waals surface area contributed by atoms with E-state index in [2.05, 4.69) is 12.2 Å². The second kappa shape index (κ2) is 6.84. The van der Waals surface area contributed by atoms with Crippen LogP contribution in [0.25, 0.3) is 0 Å². The summed E-state index contributed by atoms with van der Waals surface area (Å²) in [5, 5.41) is 0. The van der Waals surface area contributed by atoms with E-state index in [1.165, 1.54) is 4.31 Å². The van der Waals surface area contributed by atoms with Gasteiger partial charge in [0.15, 0.2) is 0 Å². The van der Waals surface area contributed by atoms with Crippen LogP contribution in [0.2, 0.25) is 0 Å². The summed E-state index contributed by atoms with van der Waals surface area (Å²) in [6.45, 7) is 1.68. The maximum absolute atomic E-state index is 12.6. The first-order chi connectivity index (χ1) is 11.1. The second-order valence-electron chi connectivity index (χ2n) is 6.07. The molecule has 124 valence electrons. The number of rotatable bonds is 4. The Kier molecular flexibility index (Phi) is 4.82. The second-order valence-corrected chi connectivity index (χ2v) is 8.01. The number of benzene rings is 1. The number of amides is 1. The first-order valence-corrected chi connectivity index (χ1v) is 9.51. The summed E-state index contributed by atoms with van der Waals surface area (Å²) < 4.78 is 26.6. The van der Waals surface area contributed by atoms with E-state index in [0.717, 1.165) is 12.8 Å². The molecule has 1 aromatic rings. The van der Waals surface area contributed by atoms with E-state index in [1.807, 2.05) is 0 Å². The molecule has 6 heteroatoms. The molecule has 2 aliphatic rings. The molecule has 1 amide bonds. The van der Waals surface area contributed by atoms with Gasteiger partial charge in [0.1, 0.15) is 0 Å². The van der Waals surface area contributed by atoms with Crippen molar-refractivity contribution in [3.05, 3.63) is 42.5 Å². The van der Waals surface area contributed by atoms with Gasteiger partial charge in [-0.05, 0) is 30.9 Å². The van der Waals surface area contributed by atoms with Crippen LogP contribution in [0.3, 0.4) is 0 Å². The maximum Gasteiger partial charge on any atom is 0.243 e. The summed E-state index contributed by atoms with van der Waals surface area (Å²) in [4.78, 5) is 14.4. The van der Waals surface area contributed by atoms with Gasteiger partial charge in [-0.1, -0.05) is 30.4 Å². The summed E-state index contributed by atoms with van der Waals surface area (Å²) in [6.07, 6.45) is 6.90. The van der Waals surface area contributed by atoms with Gasteiger partial charge in [-0.2, -0.15) is 4.31 Å². The van der Waals surface area contributed by atoms with Crippen molar-refractivity contribution in [2.24, 2.45) is 5.92 Å². The van der Waals surface area contributed by atoms with Gasteiger partial charge < -0.3 is 4.90 Å². The van der Waals surface area contributed by atoms with E-state index in [9.17, 15) is 13.2 Å². The van der Waals surface area contributed by atoms with E-state index in [0.29, 0.717) is 43.4 Å². The van der Waals surface area contributed by atoms with Crippen LogP contribution in [0, 0.1) is 5.92 Å². The Morgan fingerprint density at radius 3 is 2.39 bits per heavy atom. The van der Waals surface area contributed by atoms with E-state index in [1.54, 1.807) is 35.2 Å². The van der Waals surface area contributed by atoms with Crippen LogP contribution >= 0.6 is 0 Å². The molecule has 23 heavy (non-hydrogen) atoms. The lowest BCUT2D eigenvalue weighted by Gasteiger charge is -2.34. The molecular weight excluding hydrogens is 312 g/mol. The molecule has 1 aliphatic heterocycles. The molecule has 3 rings (SSSR count). The van der Waals surface area contributed by atoms with Gasteiger partial charge in [0, 0.05) is 32.6 Å². The zero-order chi connectivity index (χ0) is 16.3. The third-order valence-corrected chi connectivity index (χ3v) is 6.43. The fourth-order valence-electron chi connectivity index (χ4n) is 3.14. The lowest BCUT2D eigenvalue weighted by atomic mass is 10.0. The standard InChI is InChI=1S/C17H22N2O3S/c20-17(14-15-6-4-5-7-15)18-10-12-19(13-11-18)23(21,22)16-8-2-1-3-9-16/h1-4,6,8-9,15H,5,7,10-14H2/t15-/m1/s1. The minimum Gasteiger partial charge on any atom is -0.340 e. The molecule has 1 saturated heterocycles. The van der Waals surface area contributed by atoms with Gasteiger partial charge in [0.25, 0.3) is 0 Å². The summed E-state index contributed by atoms with van der Waals surface area (Å²) >= 11 is 0. The number of nitrogens with zero attached hydrogens (tertiary/aromatic N) is 2.